The van der Waals surface area contributed by atoms with Crippen molar-refractivity contribution in [1.82, 2.24) is 5.32 Å². The molecule has 2 aromatic carbocycles. The number of hydrogen-bond donors (Lipinski definition) is 1. The predicted molar refractivity (Wildman–Crippen MR) is 115 cm³/mol. The zero-order valence-corrected chi connectivity index (χ0v) is 16.9. The number of amides is 1. The molecule has 1 unspecified atom stereocenters. The van der Waals surface area contributed by atoms with E-state index in [1.54, 1.807) is 6.20 Å². The van der Waals surface area contributed by atoms with Crippen molar-refractivity contribution in [3.8, 4) is 6.07 Å². The summed E-state index contributed by atoms with van der Waals surface area (Å²) in [6, 6.07) is 16.7. The van der Waals surface area contributed by atoms with Crippen molar-refractivity contribution in [3.05, 3.63) is 76.5 Å². The summed E-state index contributed by atoms with van der Waals surface area (Å²) in [6.07, 6.45) is 8.17. The lowest BCUT2D eigenvalue weighted by molar-refractivity contribution is -0.117. The Labute approximate surface area is 172 Å². The molecule has 1 amide bonds. The smallest absolute Gasteiger partial charge is 0.263 e. The molecule has 148 valence electrons. The van der Waals surface area contributed by atoms with Crippen LogP contribution in [0.1, 0.15) is 54.5 Å². The topological polar surface area (TPSA) is 56.1 Å². The number of rotatable bonds is 5. The molecule has 1 atom stereocenters. The Morgan fingerprint density at radius 2 is 1.93 bits per heavy atom. The van der Waals surface area contributed by atoms with Crippen molar-refractivity contribution in [3.63, 3.8) is 0 Å². The number of benzene rings is 2. The highest BCUT2D eigenvalue weighted by Gasteiger charge is 2.21. The summed E-state index contributed by atoms with van der Waals surface area (Å²) < 4.78 is 0. The molecule has 2 aliphatic rings. The van der Waals surface area contributed by atoms with Crippen molar-refractivity contribution in [2.45, 2.75) is 51.5 Å². The number of fused-ring (bicyclic) bond motifs is 2. The van der Waals surface area contributed by atoms with Crippen LogP contribution < -0.4 is 10.2 Å². The fourth-order valence-corrected chi connectivity index (χ4v) is 4.42. The molecule has 4 nitrogen and oxygen atoms in total. The second-order valence-corrected chi connectivity index (χ2v) is 7.90. The van der Waals surface area contributed by atoms with Crippen LogP contribution in [0.15, 0.2) is 54.2 Å². The quantitative estimate of drug-likeness (QED) is 0.604. The van der Waals surface area contributed by atoms with Gasteiger partial charge in [-0.15, -0.1) is 0 Å². The zero-order chi connectivity index (χ0) is 20.2. The molecule has 1 heterocycles. The van der Waals surface area contributed by atoms with Crippen LogP contribution in [0, 0.1) is 11.3 Å². The molecule has 1 N–H and O–H groups in total. The highest BCUT2D eigenvalue weighted by molar-refractivity contribution is 5.98. The van der Waals surface area contributed by atoms with Gasteiger partial charge in [0.25, 0.3) is 5.91 Å². The Morgan fingerprint density at radius 3 is 2.72 bits per heavy atom. The van der Waals surface area contributed by atoms with Crippen molar-refractivity contribution in [2.24, 2.45) is 0 Å². The standard InChI is InChI=1S/C25H27N3O/c1-2-23(21-12-11-18-7-3-4-9-20(18)15-21)27-25(29)22(16-26)17-28-14-13-19-8-5-6-10-24(19)28/h5-6,8,10-12,15,17,23H,2-4,7,9,13-14H2,1H3,(H,27,29)/b22-17-. The van der Waals surface area contributed by atoms with E-state index in [4.69, 9.17) is 0 Å². The molecule has 0 spiro atoms. The number of nitriles is 1. The SMILES string of the molecule is CCC(NC(=O)/C(C#N)=C\N1CCc2ccccc21)c1ccc2c(c1)CCCC2. The molecule has 0 saturated heterocycles. The third-order valence-corrected chi connectivity index (χ3v) is 6.06. The van der Waals surface area contributed by atoms with E-state index in [1.807, 2.05) is 23.1 Å². The molecule has 0 fully saturated rings. The maximum atomic E-state index is 12.9. The number of para-hydroxylation sites is 1. The lowest BCUT2D eigenvalue weighted by Crippen LogP contribution is -2.30. The minimum absolute atomic E-state index is 0.0858. The first kappa shape index (κ1) is 19.3. The second-order valence-electron chi connectivity index (χ2n) is 7.90. The molecule has 0 aromatic heterocycles. The summed E-state index contributed by atoms with van der Waals surface area (Å²) in [5.74, 6) is -0.304. The molecule has 0 saturated carbocycles. The summed E-state index contributed by atoms with van der Waals surface area (Å²) >= 11 is 0. The first-order valence-electron chi connectivity index (χ1n) is 10.6. The molecule has 1 aliphatic carbocycles. The Morgan fingerprint density at radius 1 is 1.14 bits per heavy atom. The molecule has 4 rings (SSSR count). The minimum atomic E-state index is -0.304. The lowest BCUT2D eigenvalue weighted by atomic mass is 9.88. The van der Waals surface area contributed by atoms with E-state index in [-0.39, 0.29) is 17.5 Å². The molecule has 2 aromatic rings. The maximum Gasteiger partial charge on any atom is 0.263 e. The lowest BCUT2D eigenvalue weighted by Gasteiger charge is -2.22. The zero-order valence-electron chi connectivity index (χ0n) is 16.9. The summed E-state index contributed by atoms with van der Waals surface area (Å²) in [4.78, 5) is 14.9. The molecule has 1 aliphatic heterocycles. The third-order valence-electron chi connectivity index (χ3n) is 6.06. The van der Waals surface area contributed by atoms with E-state index in [0.717, 1.165) is 43.5 Å². The van der Waals surface area contributed by atoms with E-state index >= 15 is 0 Å². The normalized spacial score (nSPS) is 16.6. The van der Waals surface area contributed by atoms with Gasteiger partial charge < -0.3 is 10.2 Å². The second kappa shape index (κ2) is 8.53. The van der Waals surface area contributed by atoms with Gasteiger partial charge in [-0.2, -0.15) is 5.26 Å². The summed E-state index contributed by atoms with van der Waals surface area (Å²) in [5.41, 5.74) is 6.46. The van der Waals surface area contributed by atoms with Crippen molar-refractivity contribution >= 4 is 11.6 Å². The number of anilines is 1. The van der Waals surface area contributed by atoms with Gasteiger partial charge >= 0.3 is 0 Å². The molecular formula is C25H27N3O. The van der Waals surface area contributed by atoms with Crippen molar-refractivity contribution in [1.29, 1.82) is 5.26 Å². The summed E-state index contributed by atoms with van der Waals surface area (Å²) in [6.45, 7) is 2.86. The average Bonchev–Trinajstić information content (AvgIpc) is 3.18. The van der Waals surface area contributed by atoms with E-state index in [0.29, 0.717) is 0 Å². The molecule has 29 heavy (non-hydrogen) atoms. The predicted octanol–water partition coefficient (Wildman–Crippen LogP) is 4.60. The average molecular weight is 386 g/mol. The van der Waals surface area contributed by atoms with Crippen LogP contribution in [0.5, 0.6) is 0 Å². The van der Waals surface area contributed by atoms with Gasteiger partial charge in [-0.1, -0.05) is 43.3 Å². The van der Waals surface area contributed by atoms with E-state index in [2.05, 4.69) is 42.6 Å². The van der Waals surface area contributed by atoms with Crippen LogP contribution in [-0.4, -0.2) is 12.5 Å². The maximum absolute atomic E-state index is 12.9. The monoisotopic (exact) mass is 385 g/mol. The molecular weight excluding hydrogens is 358 g/mol. The van der Waals surface area contributed by atoms with Crippen LogP contribution in [0.25, 0.3) is 0 Å². The number of nitrogens with one attached hydrogen (secondary N) is 1. The van der Waals surface area contributed by atoms with Gasteiger partial charge in [-0.3, -0.25) is 4.79 Å². The summed E-state index contributed by atoms with van der Waals surface area (Å²) in [5, 5.41) is 12.7. The highest BCUT2D eigenvalue weighted by Crippen LogP contribution is 2.29. The Balaban J connectivity index is 1.51. The van der Waals surface area contributed by atoms with E-state index < -0.39 is 0 Å². The number of carbonyl (C=O) groups is 1. The fraction of sp³-hybridized carbons (Fsp3) is 0.360. The van der Waals surface area contributed by atoms with Crippen LogP contribution in [0.4, 0.5) is 5.69 Å². The van der Waals surface area contributed by atoms with Crippen LogP contribution in [0.2, 0.25) is 0 Å². The number of hydrogen-bond acceptors (Lipinski definition) is 3. The Hall–Kier alpha value is -3.06. The van der Waals surface area contributed by atoms with Crippen LogP contribution in [-0.2, 0) is 24.1 Å². The van der Waals surface area contributed by atoms with Gasteiger partial charge in [0.1, 0.15) is 11.6 Å². The Bertz CT molecular complexity index is 986. The van der Waals surface area contributed by atoms with Crippen LogP contribution >= 0.6 is 0 Å². The number of aryl methyl sites for hydroxylation is 2. The van der Waals surface area contributed by atoms with Gasteiger partial charge in [-0.25, -0.2) is 0 Å². The highest BCUT2D eigenvalue weighted by atomic mass is 16.1. The fourth-order valence-electron chi connectivity index (χ4n) is 4.42. The van der Waals surface area contributed by atoms with Crippen LogP contribution in [0.3, 0.4) is 0 Å². The van der Waals surface area contributed by atoms with Gasteiger partial charge in [0, 0.05) is 18.4 Å². The Kier molecular flexibility index (Phi) is 5.67. The first-order valence-corrected chi connectivity index (χ1v) is 10.6. The van der Waals surface area contributed by atoms with E-state index in [1.165, 1.54) is 29.5 Å². The van der Waals surface area contributed by atoms with E-state index in [9.17, 15) is 10.1 Å². The number of carbonyl (C=O) groups excluding carboxylic acids is 1. The van der Waals surface area contributed by atoms with Gasteiger partial charge in [0.05, 0.1) is 6.04 Å². The molecule has 0 bridgehead atoms. The first-order chi connectivity index (χ1) is 14.2. The molecule has 4 heteroatoms. The third kappa shape index (κ3) is 4.05. The van der Waals surface area contributed by atoms with Gasteiger partial charge in [-0.05, 0) is 66.8 Å². The summed E-state index contributed by atoms with van der Waals surface area (Å²) in [7, 11) is 0. The molecule has 0 radical (unpaired) electrons. The van der Waals surface area contributed by atoms with Crippen molar-refractivity contribution in [2.75, 3.05) is 11.4 Å². The number of nitrogens with zero attached hydrogens (tertiary/aromatic N) is 2. The van der Waals surface area contributed by atoms with Crippen molar-refractivity contribution < 1.29 is 4.79 Å². The van der Waals surface area contributed by atoms with Gasteiger partial charge in [0.15, 0.2) is 0 Å². The minimum Gasteiger partial charge on any atom is -0.346 e. The largest absolute Gasteiger partial charge is 0.346 e. The van der Waals surface area contributed by atoms with Gasteiger partial charge in [0.2, 0.25) is 0 Å².